The summed E-state index contributed by atoms with van der Waals surface area (Å²) in [5.41, 5.74) is 1.08. The normalized spacial score (nSPS) is 26.4. The molecule has 10 nitrogen and oxygen atoms in total. The summed E-state index contributed by atoms with van der Waals surface area (Å²) in [6, 6.07) is 8.90. The molecule has 0 spiro atoms. The van der Waals surface area contributed by atoms with Gasteiger partial charge >= 0.3 is 5.97 Å². The quantitative estimate of drug-likeness (QED) is 0.295. The van der Waals surface area contributed by atoms with Crippen molar-refractivity contribution in [1.29, 1.82) is 0 Å². The molecule has 2 aromatic carbocycles. The molecule has 0 aromatic heterocycles. The van der Waals surface area contributed by atoms with E-state index < -0.39 is 42.5 Å². The lowest BCUT2D eigenvalue weighted by atomic mass is 9.87. The Labute approximate surface area is 200 Å². The number of phenols is 2. The monoisotopic (exact) mass is 486 g/mol. The van der Waals surface area contributed by atoms with E-state index in [1.54, 1.807) is 12.1 Å². The number of carbonyl (C=O) groups excluding carboxylic acids is 2. The molecule has 2 aliphatic rings. The number of aromatic hydroxyl groups is 2. The highest BCUT2D eigenvalue weighted by Gasteiger charge is 2.39. The van der Waals surface area contributed by atoms with E-state index in [4.69, 9.17) is 14.2 Å². The number of phenolic OH excluding ortho intramolecular Hbond substituents is 2. The molecule has 0 bridgehead atoms. The molecule has 0 radical (unpaired) electrons. The Balaban J connectivity index is 1.40. The van der Waals surface area contributed by atoms with Crippen LogP contribution in [0.15, 0.2) is 42.5 Å². The lowest BCUT2D eigenvalue weighted by Crippen LogP contribution is -2.51. The van der Waals surface area contributed by atoms with Crippen molar-refractivity contribution in [3.63, 3.8) is 0 Å². The van der Waals surface area contributed by atoms with Crippen molar-refractivity contribution in [1.82, 2.24) is 0 Å². The van der Waals surface area contributed by atoms with Gasteiger partial charge in [-0.1, -0.05) is 12.1 Å². The molecule has 5 N–H and O–H groups in total. The second kappa shape index (κ2) is 10.4. The lowest BCUT2D eigenvalue weighted by Gasteiger charge is -2.37. The minimum Gasteiger partial charge on any atom is -0.508 e. The minimum absolute atomic E-state index is 0.0788. The van der Waals surface area contributed by atoms with E-state index in [1.807, 2.05) is 0 Å². The number of aliphatic hydroxyl groups is 3. The SMILES string of the molecule is O=C(/C=C/c1ccc(O)cc1)OC[C@H]1O[C@@H](Oc2ccc(O)c3c2C[C@H](O)CC3=O)C[C@@H](O)[C@@H]1O. The number of ketones is 1. The molecule has 1 fully saturated rings. The van der Waals surface area contributed by atoms with Crippen molar-refractivity contribution in [3.8, 4) is 17.2 Å². The fourth-order valence-electron chi connectivity index (χ4n) is 4.10. The van der Waals surface area contributed by atoms with Crippen LogP contribution in [0.4, 0.5) is 0 Å². The second-order valence-corrected chi connectivity index (χ2v) is 8.49. The van der Waals surface area contributed by atoms with Gasteiger partial charge in [0.05, 0.1) is 17.8 Å². The summed E-state index contributed by atoms with van der Waals surface area (Å²) in [5.74, 6) is -1.03. The number of hydrogen-bond donors (Lipinski definition) is 5. The highest BCUT2D eigenvalue weighted by Crippen LogP contribution is 2.37. The van der Waals surface area contributed by atoms with Gasteiger partial charge in [-0.05, 0) is 35.9 Å². The Morgan fingerprint density at radius 2 is 1.80 bits per heavy atom. The summed E-state index contributed by atoms with van der Waals surface area (Å²) in [6.07, 6.45) is -3.06. The smallest absolute Gasteiger partial charge is 0.330 e. The van der Waals surface area contributed by atoms with Crippen LogP contribution in [0.2, 0.25) is 0 Å². The molecular weight excluding hydrogens is 460 g/mol. The number of esters is 1. The molecule has 35 heavy (non-hydrogen) atoms. The first-order chi connectivity index (χ1) is 16.7. The van der Waals surface area contributed by atoms with E-state index in [0.717, 1.165) is 0 Å². The summed E-state index contributed by atoms with van der Waals surface area (Å²) < 4.78 is 16.7. The average molecular weight is 486 g/mol. The molecule has 1 aliphatic carbocycles. The Kier molecular flexibility index (Phi) is 7.37. The summed E-state index contributed by atoms with van der Waals surface area (Å²) in [4.78, 5) is 24.3. The third-order valence-corrected chi connectivity index (χ3v) is 5.88. The van der Waals surface area contributed by atoms with Gasteiger partial charge in [-0.3, -0.25) is 4.79 Å². The standard InChI is InChI=1S/C25H26O10/c26-14-4-1-13(2-5-14)3-8-22(31)33-12-21-25(32)19(30)11-23(35-21)34-20-7-6-17(28)24-16(20)9-15(27)10-18(24)29/h1-8,15,19,21,23,25-28,30,32H,9-12H2/b8-3+/t15-,19+,21+,23+,25-/m0/s1. The molecule has 4 rings (SSSR count). The molecule has 186 valence electrons. The first-order valence-corrected chi connectivity index (χ1v) is 11.1. The van der Waals surface area contributed by atoms with E-state index in [1.165, 1.54) is 36.4 Å². The van der Waals surface area contributed by atoms with Crippen molar-refractivity contribution >= 4 is 17.8 Å². The van der Waals surface area contributed by atoms with Gasteiger partial charge in [0.15, 0.2) is 5.78 Å². The largest absolute Gasteiger partial charge is 0.508 e. The molecule has 1 saturated heterocycles. The summed E-state index contributed by atoms with van der Waals surface area (Å²) in [6.45, 7) is -0.359. The third-order valence-electron chi connectivity index (χ3n) is 5.88. The van der Waals surface area contributed by atoms with Crippen LogP contribution in [-0.2, 0) is 20.7 Å². The fourth-order valence-corrected chi connectivity index (χ4v) is 4.10. The van der Waals surface area contributed by atoms with E-state index in [9.17, 15) is 35.1 Å². The first-order valence-electron chi connectivity index (χ1n) is 11.1. The Hall–Kier alpha value is -3.44. The minimum atomic E-state index is -1.33. The number of Topliss-reactive ketones (excluding diaryl/α,β-unsaturated/α-hetero) is 1. The lowest BCUT2D eigenvalue weighted by molar-refractivity contribution is -0.232. The number of aliphatic hydroxyl groups excluding tert-OH is 3. The molecule has 1 aliphatic heterocycles. The number of rotatable bonds is 6. The number of fused-ring (bicyclic) bond motifs is 1. The predicted octanol–water partition coefficient (Wildman–Crippen LogP) is 1.06. The third kappa shape index (κ3) is 5.80. The van der Waals surface area contributed by atoms with Gasteiger partial charge in [0.25, 0.3) is 0 Å². The van der Waals surface area contributed by atoms with Crippen LogP contribution in [0.25, 0.3) is 6.08 Å². The van der Waals surface area contributed by atoms with Crippen LogP contribution >= 0.6 is 0 Å². The van der Waals surface area contributed by atoms with Gasteiger partial charge in [-0.15, -0.1) is 0 Å². The number of benzene rings is 2. The predicted molar refractivity (Wildman–Crippen MR) is 121 cm³/mol. The van der Waals surface area contributed by atoms with Crippen molar-refractivity contribution in [2.75, 3.05) is 6.61 Å². The highest BCUT2D eigenvalue weighted by atomic mass is 16.7. The van der Waals surface area contributed by atoms with Crippen LogP contribution in [0.3, 0.4) is 0 Å². The molecule has 0 unspecified atom stereocenters. The molecule has 5 atom stereocenters. The van der Waals surface area contributed by atoms with Crippen LogP contribution < -0.4 is 4.74 Å². The molecule has 2 aromatic rings. The van der Waals surface area contributed by atoms with Crippen molar-refractivity contribution in [3.05, 3.63) is 59.2 Å². The second-order valence-electron chi connectivity index (χ2n) is 8.49. The molecular formula is C25H26O10. The van der Waals surface area contributed by atoms with Gasteiger partial charge in [-0.25, -0.2) is 4.79 Å². The van der Waals surface area contributed by atoms with E-state index in [-0.39, 0.29) is 48.7 Å². The number of ether oxygens (including phenoxy) is 3. The van der Waals surface area contributed by atoms with Gasteiger partial charge in [0.2, 0.25) is 6.29 Å². The zero-order valence-corrected chi connectivity index (χ0v) is 18.6. The average Bonchev–Trinajstić information content (AvgIpc) is 2.81. The maximum absolute atomic E-state index is 12.3. The van der Waals surface area contributed by atoms with E-state index >= 15 is 0 Å². The van der Waals surface area contributed by atoms with Crippen LogP contribution in [-0.4, -0.2) is 74.6 Å². The van der Waals surface area contributed by atoms with E-state index in [0.29, 0.717) is 11.1 Å². The highest BCUT2D eigenvalue weighted by molar-refractivity contribution is 6.02. The maximum atomic E-state index is 12.3. The van der Waals surface area contributed by atoms with Crippen LogP contribution in [0, 0.1) is 0 Å². The van der Waals surface area contributed by atoms with E-state index in [2.05, 4.69) is 0 Å². The molecule has 0 saturated carbocycles. The van der Waals surface area contributed by atoms with Gasteiger partial charge in [0, 0.05) is 30.9 Å². The summed E-state index contributed by atoms with van der Waals surface area (Å²) >= 11 is 0. The van der Waals surface area contributed by atoms with Crippen LogP contribution in [0.1, 0.15) is 34.3 Å². The summed E-state index contributed by atoms with van der Waals surface area (Å²) in [5, 5.41) is 49.9. The Morgan fingerprint density at radius 3 is 2.54 bits per heavy atom. The van der Waals surface area contributed by atoms with Crippen molar-refractivity contribution in [2.24, 2.45) is 0 Å². The Morgan fingerprint density at radius 1 is 1.06 bits per heavy atom. The van der Waals surface area contributed by atoms with Gasteiger partial charge in [-0.2, -0.15) is 0 Å². The molecule has 1 heterocycles. The number of carbonyl (C=O) groups is 2. The Bertz CT molecular complexity index is 1110. The van der Waals surface area contributed by atoms with Gasteiger partial charge < -0.3 is 39.7 Å². The zero-order valence-electron chi connectivity index (χ0n) is 18.6. The molecule has 10 heteroatoms. The fraction of sp³-hybridized carbons (Fsp3) is 0.360. The van der Waals surface area contributed by atoms with Gasteiger partial charge in [0.1, 0.15) is 36.1 Å². The zero-order chi connectivity index (χ0) is 25.1. The van der Waals surface area contributed by atoms with Crippen molar-refractivity contribution < 1.29 is 49.3 Å². The maximum Gasteiger partial charge on any atom is 0.330 e. The molecule has 0 amide bonds. The number of hydrogen-bond acceptors (Lipinski definition) is 10. The topological polar surface area (TPSA) is 163 Å². The van der Waals surface area contributed by atoms with Crippen molar-refractivity contribution in [2.45, 2.75) is 50.0 Å². The summed E-state index contributed by atoms with van der Waals surface area (Å²) in [7, 11) is 0. The van der Waals surface area contributed by atoms with Crippen LogP contribution in [0.5, 0.6) is 17.2 Å². The first kappa shape index (κ1) is 24.7.